The van der Waals surface area contributed by atoms with Gasteiger partial charge in [-0.1, -0.05) is 45.0 Å². The number of carbonyl (C=O) groups excluding carboxylic acids is 1. The minimum Gasteiger partial charge on any atom is -0.380 e. The van der Waals surface area contributed by atoms with Gasteiger partial charge in [-0.25, -0.2) is 0 Å². The second-order valence-electron chi connectivity index (χ2n) is 11.9. The lowest BCUT2D eigenvalue weighted by molar-refractivity contribution is -0.127. The maximum Gasteiger partial charge on any atom is 0.246 e. The third-order valence-corrected chi connectivity index (χ3v) is 8.25. The van der Waals surface area contributed by atoms with Crippen LogP contribution in [-0.2, 0) is 21.6 Å². The summed E-state index contributed by atoms with van der Waals surface area (Å²) in [4.78, 5) is 18.8. The highest BCUT2D eigenvalue weighted by Crippen LogP contribution is 2.50. The summed E-state index contributed by atoms with van der Waals surface area (Å²) < 4.78 is 4.96. The molecule has 0 bridgehead atoms. The molecule has 3 N–H and O–H groups in total. The maximum atomic E-state index is 12.5. The van der Waals surface area contributed by atoms with Gasteiger partial charge in [0.05, 0.1) is 5.69 Å². The van der Waals surface area contributed by atoms with Crippen molar-refractivity contribution in [1.29, 1.82) is 0 Å². The van der Waals surface area contributed by atoms with E-state index < -0.39 is 5.60 Å². The van der Waals surface area contributed by atoms with Crippen LogP contribution in [0.5, 0.6) is 0 Å². The first-order valence-electron chi connectivity index (χ1n) is 13.4. The Morgan fingerprint density at radius 2 is 1.89 bits per heavy atom. The number of aromatic amines is 1. The van der Waals surface area contributed by atoms with E-state index in [1.54, 1.807) is 12.4 Å². The number of pyridine rings is 1. The van der Waals surface area contributed by atoms with Gasteiger partial charge in [-0.2, -0.15) is 5.10 Å². The molecule has 1 saturated carbocycles. The van der Waals surface area contributed by atoms with Crippen molar-refractivity contribution in [2.24, 2.45) is 5.41 Å². The quantitative estimate of drug-likeness (QED) is 0.380. The first-order chi connectivity index (χ1) is 18.1. The van der Waals surface area contributed by atoms with Crippen LogP contribution in [0.15, 0.2) is 48.8 Å². The lowest BCUT2D eigenvalue weighted by Crippen LogP contribution is -2.63. The van der Waals surface area contributed by atoms with Gasteiger partial charge in [0.2, 0.25) is 5.91 Å². The topological polar surface area (TPSA) is 103 Å². The molecule has 1 atom stereocenters. The van der Waals surface area contributed by atoms with Crippen LogP contribution in [0.3, 0.4) is 0 Å². The van der Waals surface area contributed by atoms with Crippen molar-refractivity contribution in [3.63, 3.8) is 0 Å². The summed E-state index contributed by atoms with van der Waals surface area (Å²) in [5, 5.41) is 23.3. The largest absolute Gasteiger partial charge is 0.380 e. The average molecular weight is 518 g/mol. The predicted octanol–water partition coefficient (Wildman–Crippen LogP) is 3.62. The fourth-order valence-electron chi connectivity index (χ4n) is 6.05. The van der Waals surface area contributed by atoms with Crippen LogP contribution in [-0.4, -0.2) is 70.5 Å². The van der Waals surface area contributed by atoms with E-state index in [1.165, 1.54) is 12.7 Å². The summed E-state index contributed by atoms with van der Waals surface area (Å²) in [5.41, 5.74) is 3.64. The van der Waals surface area contributed by atoms with Crippen LogP contribution in [0.2, 0.25) is 0 Å². The Hall–Kier alpha value is -3.07. The van der Waals surface area contributed by atoms with Crippen LogP contribution in [0.4, 0.5) is 0 Å². The monoisotopic (exact) mass is 517 g/mol. The molecule has 1 amide bonds. The van der Waals surface area contributed by atoms with Gasteiger partial charge in [0.1, 0.15) is 12.2 Å². The number of likely N-dealkylation sites (tertiary alicyclic amines) is 1. The second kappa shape index (κ2) is 9.91. The summed E-state index contributed by atoms with van der Waals surface area (Å²) in [6.45, 7) is 8.12. The van der Waals surface area contributed by atoms with E-state index in [9.17, 15) is 9.90 Å². The zero-order chi connectivity index (χ0) is 27.1. The van der Waals surface area contributed by atoms with Crippen LogP contribution in [0.25, 0.3) is 11.3 Å². The van der Waals surface area contributed by atoms with Gasteiger partial charge in [-0.15, -0.1) is 0 Å². The zero-order valence-electron chi connectivity index (χ0n) is 23.0. The van der Waals surface area contributed by atoms with Gasteiger partial charge >= 0.3 is 0 Å². The van der Waals surface area contributed by atoms with E-state index in [0.717, 1.165) is 54.0 Å². The molecule has 8 heteroatoms. The first kappa shape index (κ1) is 26.5. The van der Waals surface area contributed by atoms with Crippen molar-refractivity contribution >= 4 is 5.91 Å². The van der Waals surface area contributed by atoms with Crippen molar-refractivity contribution in [1.82, 2.24) is 25.4 Å². The standard InChI is InChI=1S/C30H39N5O3/c1-20(2)21-6-8-23(9-7-21)30(37,28(3)18-35(4)19-28)24-12-22(15-31-16-24)26-13-25(33-34-26)14-29(10-11-29)32-27(36)17-38-5/h6-9,12-13,15-16,20,37H,10-11,14,17-19H2,1-5H3,(H,32,36)(H,33,34)/t30-/m0/s1. The average Bonchev–Trinajstić information content (AvgIpc) is 3.46. The number of aliphatic hydroxyl groups is 1. The number of amides is 1. The minimum absolute atomic E-state index is 0.0618. The van der Waals surface area contributed by atoms with E-state index in [-0.39, 0.29) is 23.5 Å². The normalized spacial score (nSPS) is 19.6. The number of H-pyrrole nitrogens is 1. The highest BCUT2D eigenvalue weighted by Gasteiger charge is 2.55. The van der Waals surface area contributed by atoms with E-state index >= 15 is 0 Å². The lowest BCUT2D eigenvalue weighted by Gasteiger charge is -2.55. The molecule has 0 spiro atoms. The molecule has 0 unspecified atom stereocenters. The molecule has 3 aromatic rings. The van der Waals surface area contributed by atoms with Crippen molar-refractivity contribution in [2.45, 2.75) is 57.1 Å². The highest BCUT2D eigenvalue weighted by molar-refractivity contribution is 5.78. The molecule has 1 aliphatic heterocycles. The maximum absolute atomic E-state index is 12.5. The third-order valence-electron chi connectivity index (χ3n) is 8.25. The second-order valence-corrected chi connectivity index (χ2v) is 11.9. The minimum atomic E-state index is -1.21. The summed E-state index contributed by atoms with van der Waals surface area (Å²) in [6.07, 6.45) is 6.11. The molecule has 38 heavy (non-hydrogen) atoms. The van der Waals surface area contributed by atoms with Crippen molar-refractivity contribution in [3.05, 3.63) is 71.2 Å². The molecule has 0 radical (unpaired) electrons. The molecule has 3 heterocycles. The van der Waals surface area contributed by atoms with Crippen LogP contribution >= 0.6 is 0 Å². The van der Waals surface area contributed by atoms with Crippen molar-refractivity contribution < 1.29 is 14.6 Å². The number of nitrogens with one attached hydrogen (secondary N) is 2. The number of nitrogens with zero attached hydrogens (tertiary/aromatic N) is 3. The Morgan fingerprint density at radius 3 is 2.50 bits per heavy atom. The molecule has 5 rings (SSSR count). The number of ether oxygens (including phenoxy) is 1. The molecular weight excluding hydrogens is 478 g/mol. The Balaban J connectivity index is 1.44. The Bertz CT molecular complexity index is 1290. The number of carbonyl (C=O) groups is 1. The Morgan fingerprint density at radius 1 is 1.18 bits per heavy atom. The smallest absolute Gasteiger partial charge is 0.246 e. The SMILES string of the molecule is COCC(=O)NC1(Cc2cc(-c3cncc([C@@](O)(c4ccc(C(C)C)cc4)C4(C)CN(C)C4)c3)n[nH]2)CC1. The molecule has 1 aliphatic carbocycles. The van der Waals surface area contributed by atoms with Gasteiger partial charge in [-0.3, -0.25) is 14.9 Å². The van der Waals surface area contributed by atoms with Crippen molar-refractivity contribution in [3.8, 4) is 11.3 Å². The zero-order valence-corrected chi connectivity index (χ0v) is 23.0. The molecule has 1 aromatic carbocycles. The summed E-state index contributed by atoms with van der Waals surface area (Å²) in [6, 6.07) is 12.4. The molecule has 2 aromatic heterocycles. The van der Waals surface area contributed by atoms with Gasteiger partial charge in [0.25, 0.3) is 0 Å². The summed E-state index contributed by atoms with van der Waals surface area (Å²) in [7, 11) is 3.60. The Kier molecular flexibility index (Phi) is 6.92. The fourth-order valence-corrected chi connectivity index (χ4v) is 6.05. The predicted molar refractivity (Wildman–Crippen MR) is 147 cm³/mol. The van der Waals surface area contributed by atoms with Gasteiger partial charge in [-0.05, 0) is 49.1 Å². The third kappa shape index (κ3) is 4.88. The molecule has 8 nitrogen and oxygen atoms in total. The number of hydrogen-bond donors (Lipinski definition) is 3. The summed E-state index contributed by atoms with van der Waals surface area (Å²) >= 11 is 0. The van der Waals surface area contributed by atoms with Gasteiger partial charge < -0.3 is 20.1 Å². The number of benzene rings is 1. The van der Waals surface area contributed by atoms with E-state index in [2.05, 4.69) is 77.5 Å². The molecule has 2 fully saturated rings. The number of methoxy groups -OCH3 is 1. The molecule has 202 valence electrons. The molecule has 2 aliphatic rings. The highest BCUT2D eigenvalue weighted by atomic mass is 16.5. The summed E-state index contributed by atoms with van der Waals surface area (Å²) in [5.74, 6) is 0.321. The Labute approximate surface area is 224 Å². The number of aromatic nitrogens is 3. The van der Waals surface area contributed by atoms with E-state index in [0.29, 0.717) is 12.3 Å². The van der Waals surface area contributed by atoms with E-state index in [1.807, 2.05) is 12.1 Å². The van der Waals surface area contributed by atoms with Crippen LogP contribution in [0.1, 0.15) is 61.9 Å². The first-order valence-corrected chi connectivity index (χ1v) is 13.4. The van der Waals surface area contributed by atoms with Crippen LogP contribution < -0.4 is 5.32 Å². The lowest BCUT2D eigenvalue weighted by atomic mass is 9.62. The number of hydrogen-bond acceptors (Lipinski definition) is 6. The van der Waals surface area contributed by atoms with Gasteiger partial charge in [0.15, 0.2) is 0 Å². The van der Waals surface area contributed by atoms with E-state index in [4.69, 9.17) is 4.74 Å². The van der Waals surface area contributed by atoms with Gasteiger partial charge in [0, 0.05) is 66.8 Å². The van der Waals surface area contributed by atoms with Crippen LogP contribution in [0, 0.1) is 5.41 Å². The molecule has 1 saturated heterocycles. The van der Waals surface area contributed by atoms with Crippen molar-refractivity contribution in [2.75, 3.05) is 33.9 Å². The number of rotatable bonds is 10. The fraction of sp³-hybridized carbons (Fsp3) is 0.500. The molecular formula is C30H39N5O3.